The fraction of sp³-hybridized carbons (Fsp3) is 0.667. The van der Waals surface area contributed by atoms with E-state index in [0.29, 0.717) is 5.92 Å². The van der Waals surface area contributed by atoms with Crippen LogP contribution in [0.5, 0.6) is 0 Å². The summed E-state index contributed by atoms with van der Waals surface area (Å²) in [4.78, 5) is 13.4. The lowest BCUT2D eigenvalue weighted by Crippen LogP contribution is -2.43. The third-order valence-electron chi connectivity index (χ3n) is 3.96. The number of amides is 1. The van der Waals surface area contributed by atoms with Gasteiger partial charge < -0.3 is 11.1 Å². The average Bonchev–Trinajstić information content (AvgIpc) is 3.09. The molecular weight excluding hydrogens is 256 g/mol. The van der Waals surface area contributed by atoms with Crippen molar-refractivity contribution in [3.63, 3.8) is 0 Å². The summed E-state index contributed by atoms with van der Waals surface area (Å²) in [6.45, 7) is 2.06. The van der Waals surface area contributed by atoms with Gasteiger partial charge in [-0.15, -0.1) is 11.3 Å². The van der Waals surface area contributed by atoms with Crippen molar-refractivity contribution in [3.8, 4) is 0 Å². The van der Waals surface area contributed by atoms with Crippen molar-refractivity contribution < 1.29 is 4.79 Å². The molecule has 1 heterocycles. The predicted octanol–water partition coefficient (Wildman–Crippen LogP) is 3.22. The summed E-state index contributed by atoms with van der Waals surface area (Å²) in [5.41, 5.74) is 5.92. The smallest absolute Gasteiger partial charge is 0.237 e. The van der Waals surface area contributed by atoms with E-state index in [-0.39, 0.29) is 18.0 Å². The Balaban J connectivity index is 2.03. The van der Waals surface area contributed by atoms with Gasteiger partial charge in [0.1, 0.15) is 0 Å². The number of carbonyl (C=O) groups is 1. The SMILES string of the molecule is CCC[C@@H](N)C(=O)NC(c1cccs1)C1CCCC1. The lowest BCUT2D eigenvalue weighted by molar-refractivity contribution is -0.123. The maximum Gasteiger partial charge on any atom is 0.237 e. The molecule has 4 heteroatoms. The van der Waals surface area contributed by atoms with Gasteiger partial charge in [-0.1, -0.05) is 32.3 Å². The van der Waals surface area contributed by atoms with Gasteiger partial charge in [0.2, 0.25) is 5.91 Å². The predicted molar refractivity (Wildman–Crippen MR) is 80.0 cm³/mol. The first kappa shape index (κ1) is 14.5. The Labute approximate surface area is 119 Å². The van der Waals surface area contributed by atoms with E-state index in [1.54, 1.807) is 11.3 Å². The second-order valence-corrected chi connectivity index (χ2v) is 6.42. The molecule has 1 aromatic heterocycles. The van der Waals surface area contributed by atoms with E-state index in [1.807, 2.05) is 0 Å². The third-order valence-corrected chi connectivity index (χ3v) is 4.91. The standard InChI is InChI=1S/C15H24N2OS/c1-2-6-12(16)15(18)17-14(11-7-3-4-8-11)13-9-5-10-19-13/h5,9-12,14H,2-4,6-8,16H2,1H3,(H,17,18)/t12-,14?/m1/s1. The molecule has 1 aromatic rings. The largest absolute Gasteiger partial charge is 0.347 e. The lowest BCUT2D eigenvalue weighted by Gasteiger charge is -2.25. The Morgan fingerprint density at radius 2 is 2.26 bits per heavy atom. The molecule has 1 amide bonds. The van der Waals surface area contributed by atoms with Crippen molar-refractivity contribution in [2.75, 3.05) is 0 Å². The molecule has 0 aliphatic heterocycles. The van der Waals surface area contributed by atoms with E-state index >= 15 is 0 Å². The molecule has 0 aromatic carbocycles. The molecule has 19 heavy (non-hydrogen) atoms. The van der Waals surface area contributed by atoms with Crippen LogP contribution in [0.15, 0.2) is 17.5 Å². The van der Waals surface area contributed by atoms with E-state index in [0.717, 1.165) is 12.8 Å². The minimum atomic E-state index is -0.367. The number of nitrogens with one attached hydrogen (secondary N) is 1. The number of thiophene rings is 1. The summed E-state index contributed by atoms with van der Waals surface area (Å²) < 4.78 is 0. The molecule has 1 aliphatic rings. The molecule has 1 aliphatic carbocycles. The fourth-order valence-corrected chi connectivity index (χ4v) is 3.75. The van der Waals surface area contributed by atoms with Crippen LogP contribution in [-0.4, -0.2) is 11.9 Å². The zero-order chi connectivity index (χ0) is 13.7. The molecule has 1 unspecified atom stereocenters. The highest BCUT2D eigenvalue weighted by molar-refractivity contribution is 7.10. The molecule has 0 radical (unpaired) electrons. The van der Waals surface area contributed by atoms with Crippen LogP contribution >= 0.6 is 11.3 Å². The molecule has 1 saturated carbocycles. The second-order valence-electron chi connectivity index (χ2n) is 5.44. The van der Waals surface area contributed by atoms with E-state index in [4.69, 9.17) is 5.73 Å². The first-order chi connectivity index (χ1) is 9.22. The van der Waals surface area contributed by atoms with Crippen LogP contribution in [0, 0.1) is 5.92 Å². The zero-order valence-corrected chi connectivity index (χ0v) is 12.4. The number of hydrogen-bond acceptors (Lipinski definition) is 3. The molecular formula is C15H24N2OS. The Kier molecular flexibility index (Phi) is 5.40. The summed E-state index contributed by atoms with van der Waals surface area (Å²) in [6.07, 6.45) is 6.69. The quantitative estimate of drug-likeness (QED) is 0.840. The minimum absolute atomic E-state index is 0.00662. The van der Waals surface area contributed by atoms with Gasteiger partial charge in [-0.05, 0) is 36.6 Å². The molecule has 2 atom stereocenters. The Hall–Kier alpha value is -0.870. The number of rotatable bonds is 6. The van der Waals surface area contributed by atoms with E-state index in [2.05, 4.69) is 29.8 Å². The van der Waals surface area contributed by atoms with Crippen molar-refractivity contribution in [1.29, 1.82) is 0 Å². The minimum Gasteiger partial charge on any atom is -0.347 e. The monoisotopic (exact) mass is 280 g/mol. The second kappa shape index (κ2) is 7.06. The summed E-state index contributed by atoms with van der Waals surface area (Å²) in [5.74, 6) is 0.587. The topological polar surface area (TPSA) is 55.1 Å². The molecule has 1 fully saturated rings. The van der Waals surface area contributed by atoms with Crippen LogP contribution in [0.3, 0.4) is 0 Å². The van der Waals surface area contributed by atoms with Gasteiger partial charge in [0, 0.05) is 4.88 Å². The number of carbonyl (C=O) groups excluding carboxylic acids is 1. The Bertz CT molecular complexity index is 385. The van der Waals surface area contributed by atoms with Gasteiger partial charge in [-0.3, -0.25) is 4.79 Å². The first-order valence-corrected chi connectivity index (χ1v) is 8.19. The van der Waals surface area contributed by atoms with Gasteiger partial charge in [-0.2, -0.15) is 0 Å². The zero-order valence-electron chi connectivity index (χ0n) is 11.6. The molecule has 3 N–H and O–H groups in total. The average molecular weight is 280 g/mol. The van der Waals surface area contributed by atoms with Crippen molar-refractivity contribution in [2.45, 2.75) is 57.5 Å². The summed E-state index contributed by atoms with van der Waals surface area (Å²) in [5, 5.41) is 5.27. The van der Waals surface area contributed by atoms with Crippen LogP contribution in [0.1, 0.15) is 56.4 Å². The van der Waals surface area contributed by atoms with E-state index in [1.165, 1.54) is 30.6 Å². The number of hydrogen-bond donors (Lipinski definition) is 2. The van der Waals surface area contributed by atoms with Gasteiger partial charge in [0.25, 0.3) is 0 Å². The summed E-state index contributed by atoms with van der Waals surface area (Å²) in [7, 11) is 0. The molecule has 0 saturated heterocycles. The van der Waals surface area contributed by atoms with Gasteiger partial charge in [0.15, 0.2) is 0 Å². The highest BCUT2D eigenvalue weighted by atomic mass is 32.1. The fourth-order valence-electron chi connectivity index (χ4n) is 2.88. The van der Waals surface area contributed by atoms with E-state index < -0.39 is 0 Å². The molecule has 3 nitrogen and oxygen atoms in total. The number of nitrogens with two attached hydrogens (primary N) is 1. The van der Waals surface area contributed by atoms with Crippen LogP contribution < -0.4 is 11.1 Å². The third kappa shape index (κ3) is 3.80. The molecule has 0 spiro atoms. The normalized spacial score (nSPS) is 19.3. The van der Waals surface area contributed by atoms with Crippen LogP contribution in [0.4, 0.5) is 0 Å². The van der Waals surface area contributed by atoms with Crippen LogP contribution in [0.25, 0.3) is 0 Å². The van der Waals surface area contributed by atoms with Crippen molar-refractivity contribution in [3.05, 3.63) is 22.4 Å². The van der Waals surface area contributed by atoms with Crippen LogP contribution in [0.2, 0.25) is 0 Å². The lowest BCUT2D eigenvalue weighted by atomic mass is 9.96. The van der Waals surface area contributed by atoms with Crippen LogP contribution in [-0.2, 0) is 4.79 Å². The highest BCUT2D eigenvalue weighted by Crippen LogP contribution is 2.37. The van der Waals surface area contributed by atoms with Crippen molar-refractivity contribution in [1.82, 2.24) is 5.32 Å². The van der Waals surface area contributed by atoms with Gasteiger partial charge >= 0.3 is 0 Å². The highest BCUT2D eigenvalue weighted by Gasteiger charge is 2.29. The molecule has 106 valence electrons. The first-order valence-electron chi connectivity index (χ1n) is 7.31. The summed E-state index contributed by atoms with van der Waals surface area (Å²) in [6, 6.07) is 3.98. The molecule has 0 bridgehead atoms. The van der Waals surface area contributed by atoms with Crippen molar-refractivity contribution >= 4 is 17.2 Å². The maximum atomic E-state index is 12.2. The molecule has 2 rings (SSSR count). The van der Waals surface area contributed by atoms with Gasteiger partial charge in [0.05, 0.1) is 12.1 Å². The van der Waals surface area contributed by atoms with Gasteiger partial charge in [-0.25, -0.2) is 0 Å². The summed E-state index contributed by atoms with van der Waals surface area (Å²) >= 11 is 1.73. The van der Waals surface area contributed by atoms with Crippen molar-refractivity contribution in [2.24, 2.45) is 11.7 Å². The Morgan fingerprint density at radius 1 is 1.53 bits per heavy atom. The van der Waals surface area contributed by atoms with E-state index in [9.17, 15) is 4.79 Å². The Morgan fingerprint density at radius 3 is 2.84 bits per heavy atom. The maximum absolute atomic E-state index is 12.2.